The van der Waals surface area contributed by atoms with Crippen molar-refractivity contribution in [3.63, 3.8) is 0 Å². The molecule has 18 heteroatoms. The standard InChI is InChI=1S/C39H42F3N5O8S2/c1-21-13-16-32(56-21)28-19-31(34-33(44-28)25-10-7-8-12-30(25)55-34)54-23-18-29(35(43)48)47(20-23)37(50)27(45-38(51)39(40,41)42)11-6-4-2-3-5-9-22-17-26(22)36(49)46-57(52,53)24-14-15-24/h5,7-10,12-13,16,19,22-24,26-27,29H,2-4,6,11,14-15,17-18,20H2,1H3,(H2,43,48)(H,45,51)(H,46,49)/b9-5-/t22-,23-,26+,27+,29+/m1/s1. The van der Waals surface area contributed by atoms with Crippen LogP contribution in [0, 0.1) is 18.8 Å². The van der Waals surface area contributed by atoms with Crippen molar-refractivity contribution in [1.82, 2.24) is 19.9 Å². The third kappa shape index (κ3) is 9.27. The van der Waals surface area contributed by atoms with E-state index in [4.69, 9.17) is 19.9 Å². The molecule has 2 aliphatic carbocycles. The lowest BCUT2D eigenvalue weighted by Crippen LogP contribution is -2.54. The van der Waals surface area contributed by atoms with Gasteiger partial charge in [0.05, 0.1) is 22.4 Å². The molecule has 304 valence electrons. The monoisotopic (exact) mass is 829 g/mol. The zero-order valence-electron chi connectivity index (χ0n) is 30.9. The van der Waals surface area contributed by atoms with E-state index < -0.39 is 69.2 Å². The van der Waals surface area contributed by atoms with Gasteiger partial charge in [0.25, 0.3) is 0 Å². The van der Waals surface area contributed by atoms with Crippen LogP contribution in [0.3, 0.4) is 0 Å². The molecule has 4 heterocycles. The number of unbranched alkanes of at least 4 members (excludes halogenated alkanes) is 3. The van der Waals surface area contributed by atoms with Crippen molar-refractivity contribution in [2.75, 3.05) is 6.54 Å². The molecule has 3 aliphatic rings. The number of aryl methyl sites for hydroxylation is 1. The Bertz CT molecular complexity index is 2340. The Balaban J connectivity index is 0.996. The molecule has 0 spiro atoms. The number of alkyl halides is 3. The summed E-state index contributed by atoms with van der Waals surface area (Å²) in [5.74, 6) is -4.70. The number of hydrogen-bond donors (Lipinski definition) is 3. The van der Waals surface area contributed by atoms with E-state index in [2.05, 4.69) is 4.72 Å². The molecule has 7 rings (SSSR count). The van der Waals surface area contributed by atoms with Gasteiger partial charge in [-0.15, -0.1) is 11.3 Å². The number of likely N-dealkylation sites (tertiary alicyclic amines) is 1. The number of pyridine rings is 1. The van der Waals surface area contributed by atoms with Crippen LogP contribution < -0.4 is 20.5 Å². The van der Waals surface area contributed by atoms with Gasteiger partial charge in [-0.05, 0) is 75.6 Å². The number of amides is 4. The lowest BCUT2D eigenvalue weighted by atomic mass is 10.0. The van der Waals surface area contributed by atoms with E-state index in [0.717, 1.165) is 20.0 Å². The molecule has 4 amide bonds. The van der Waals surface area contributed by atoms with Crippen LogP contribution in [0.2, 0.25) is 0 Å². The predicted octanol–water partition coefficient (Wildman–Crippen LogP) is 5.65. The minimum Gasteiger partial charge on any atom is -0.484 e. The summed E-state index contributed by atoms with van der Waals surface area (Å²) in [5.41, 5.74) is 7.80. The van der Waals surface area contributed by atoms with E-state index in [9.17, 15) is 40.8 Å². The highest BCUT2D eigenvalue weighted by Gasteiger charge is 2.46. The van der Waals surface area contributed by atoms with Crippen molar-refractivity contribution in [3.8, 4) is 16.3 Å². The second kappa shape index (κ2) is 16.1. The van der Waals surface area contributed by atoms with Gasteiger partial charge >= 0.3 is 12.1 Å². The zero-order valence-corrected chi connectivity index (χ0v) is 32.6. The molecule has 0 unspecified atom stereocenters. The van der Waals surface area contributed by atoms with Gasteiger partial charge in [0.2, 0.25) is 27.7 Å². The average Bonchev–Trinajstić information content (AvgIpc) is 4.04. The first-order valence-electron chi connectivity index (χ1n) is 18.8. The number of benzene rings is 1. The number of carbonyl (C=O) groups is 4. The molecule has 3 aromatic heterocycles. The SMILES string of the molecule is Cc1ccc(-c2cc(O[C@@H]3C[C@@H](C(N)=O)N(C(=O)[C@H](CCCCC/C=C\[C@@H]4C[C@@H]4C(=O)NS(=O)(=O)C4CC4)NC(=O)C(F)(F)F)C3)c3oc4ccccc4c3n2)s1. The molecule has 1 saturated heterocycles. The van der Waals surface area contributed by atoms with Gasteiger partial charge < -0.3 is 25.1 Å². The number of halogens is 3. The summed E-state index contributed by atoms with van der Waals surface area (Å²) < 4.78 is 79.0. The van der Waals surface area contributed by atoms with Gasteiger partial charge in [-0.25, -0.2) is 13.4 Å². The summed E-state index contributed by atoms with van der Waals surface area (Å²) in [7, 11) is -3.60. The van der Waals surface area contributed by atoms with E-state index in [-0.39, 0.29) is 31.7 Å². The Morgan fingerprint density at radius 1 is 1.11 bits per heavy atom. The second-order valence-corrected chi connectivity index (χ2v) is 18.1. The number of fused-ring (bicyclic) bond motifs is 3. The Morgan fingerprint density at radius 3 is 2.58 bits per heavy atom. The number of thiophene rings is 1. The lowest BCUT2D eigenvalue weighted by molar-refractivity contribution is -0.175. The zero-order chi connectivity index (χ0) is 40.6. The number of allylic oxidation sites excluding steroid dienone is 2. The van der Waals surface area contributed by atoms with Crippen LogP contribution in [-0.4, -0.2) is 78.1 Å². The molecule has 0 bridgehead atoms. The summed E-state index contributed by atoms with van der Waals surface area (Å²) in [6.45, 7) is 1.78. The highest BCUT2D eigenvalue weighted by atomic mass is 32.2. The number of nitrogens with one attached hydrogen (secondary N) is 2. The van der Waals surface area contributed by atoms with Gasteiger partial charge in [0, 0.05) is 28.7 Å². The van der Waals surface area contributed by atoms with E-state index in [1.165, 1.54) is 11.3 Å². The molecule has 5 atom stereocenters. The predicted molar refractivity (Wildman–Crippen MR) is 205 cm³/mol. The summed E-state index contributed by atoms with van der Waals surface area (Å²) >= 11 is 1.54. The minimum absolute atomic E-state index is 0.0509. The smallest absolute Gasteiger partial charge is 0.471 e. The maximum atomic E-state index is 13.9. The van der Waals surface area contributed by atoms with Crippen molar-refractivity contribution in [1.29, 1.82) is 0 Å². The maximum Gasteiger partial charge on any atom is 0.471 e. The molecule has 4 N–H and O–H groups in total. The molecule has 4 aromatic rings. The quantitative estimate of drug-likeness (QED) is 0.0947. The maximum absolute atomic E-state index is 13.9. The van der Waals surface area contributed by atoms with Crippen molar-refractivity contribution in [3.05, 3.63) is 59.5 Å². The van der Waals surface area contributed by atoms with Crippen LogP contribution in [-0.2, 0) is 29.2 Å². The number of para-hydroxylation sites is 1. The number of carbonyl (C=O) groups excluding carboxylic acids is 4. The van der Waals surface area contributed by atoms with E-state index in [0.29, 0.717) is 66.7 Å². The third-order valence-electron chi connectivity index (χ3n) is 10.4. The van der Waals surface area contributed by atoms with Crippen LogP contribution in [0.15, 0.2) is 59.0 Å². The van der Waals surface area contributed by atoms with Gasteiger partial charge in [-0.1, -0.05) is 37.1 Å². The molecule has 0 radical (unpaired) electrons. The Kier molecular flexibility index (Phi) is 11.4. The fraction of sp³-hybridized carbons (Fsp3) is 0.462. The van der Waals surface area contributed by atoms with Crippen LogP contribution in [0.5, 0.6) is 5.75 Å². The largest absolute Gasteiger partial charge is 0.484 e. The van der Waals surface area contributed by atoms with Crippen LogP contribution >= 0.6 is 11.3 Å². The summed E-state index contributed by atoms with van der Waals surface area (Å²) in [4.78, 5) is 58.9. The lowest BCUT2D eigenvalue weighted by Gasteiger charge is -2.28. The van der Waals surface area contributed by atoms with E-state index >= 15 is 0 Å². The first-order chi connectivity index (χ1) is 27.1. The number of hydrogen-bond acceptors (Lipinski definition) is 10. The Hall–Kier alpha value is -4.97. The molecule has 57 heavy (non-hydrogen) atoms. The number of nitrogens with zero attached hydrogens (tertiary/aromatic N) is 2. The van der Waals surface area contributed by atoms with Gasteiger partial charge in [0.15, 0.2) is 11.3 Å². The Labute approximate surface area is 330 Å². The van der Waals surface area contributed by atoms with Gasteiger partial charge in [-0.3, -0.25) is 23.9 Å². The summed E-state index contributed by atoms with van der Waals surface area (Å²) in [6.07, 6.45) is 1.09. The van der Waals surface area contributed by atoms with Gasteiger partial charge in [0.1, 0.15) is 29.3 Å². The summed E-state index contributed by atoms with van der Waals surface area (Å²) in [6, 6.07) is 10.1. The third-order valence-corrected chi connectivity index (χ3v) is 13.3. The Morgan fingerprint density at radius 2 is 1.88 bits per heavy atom. The van der Waals surface area contributed by atoms with Crippen molar-refractivity contribution in [2.24, 2.45) is 17.6 Å². The first kappa shape index (κ1) is 40.2. The minimum atomic E-state index is -5.25. The number of aromatic nitrogens is 1. The highest BCUT2D eigenvalue weighted by molar-refractivity contribution is 7.90. The average molecular weight is 830 g/mol. The molecule has 2 saturated carbocycles. The molecule has 1 aromatic carbocycles. The number of rotatable bonds is 16. The molecule has 3 fully saturated rings. The van der Waals surface area contributed by atoms with Crippen LogP contribution in [0.4, 0.5) is 13.2 Å². The van der Waals surface area contributed by atoms with Crippen molar-refractivity contribution in [2.45, 2.75) is 94.3 Å². The topological polar surface area (TPSA) is 191 Å². The molecular weight excluding hydrogens is 788 g/mol. The highest BCUT2D eigenvalue weighted by Crippen LogP contribution is 2.41. The number of ether oxygens (including phenoxy) is 1. The first-order valence-corrected chi connectivity index (χ1v) is 21.2. The summed E-state index contributed by atoms with van der Waals surface area (Å²) in [5, 5.41) is 2.10. The number of nitrogens with two attached hydrogens (primary N) is 1. The fourth-order valence-corrected chi connectivity index (χ4v) is 9.36. The normalized spacial score (nSPS) is 21.6. The number of furan rings is 1. The molecular formula is C39H42F3N5O8S2. The van der Waals surface area contributed by atoms with Crippen LogP contribution in [0.1, 0.15) is 62.7 Å². The van der Waals surface area contributed by atoms with Crippen molar-refractivity contribution < 1.29 is 49.9 Å². The van der Waals surface area contributed by atoms with Gasteiger partial charge in [-0.2, -0.15) is 13.2 Å². The van der Waals surface area contributed by atoms with E-state index in [1.54, 1.807) is 12.1 Å². The number of sulfonamides is 1. The van der Waals surface area contributed by atoms with Crippen molar-refractivity contribution >= 4 is 67.1 Å². The molecule has 13 nitrogen and oxygen atoms in total. The van der Waals surface area contributed by atoms with E-state index in [1.807, 2.05) is 54.7 Å². The molecule has 1 aliphatic heterocycles. The number of primary amides is 1. The fourth-order valence-electron chi connectivity index (χ4n) is 7.18. The van der Waals surface area contributed by atoms with Crippen LogP contribution in [0.25, 0.3) is 32.6 Å². The second-order valence-electron chi connectivity index (χ2n) is 14.9.